The number of rotatable bonds is 6. The highest BCUT2D eigenvalue weighted by atomic mass is 32.1. The van der Waals surface area contributed by atoms with Crippen LogP contribution in [0.4, 0.5) is 4.39 Å². The standard InChI is InChI=1S/C18H18FNOS/c1-20-10-8-16(13-4-2-5-14(19)12-13)21-17-6-3-7-18-15(17)9-11-22-18/h2-7,9,11-12,16,20H,8,10H2,1H3. The van der Waals surface area contributed by atoms with Gasteiger partial charge in [0, 0.05) is 16.5 Å². The Morgan fingerprint density at radius 2 is 2.05 bits per heavy atom. The Balaban J connectivity index is 1.91. The lowest BCUT2D eigenvalue weighted by Gasteiger charge is -2.20. The molecule has 0 aliphatic rings. The van der Waals surface area contributed by atoms with E-state index >= 15 is 0 Å². The van der Waals surface area contributed by atoms with Crippen LogP contribution in [-0.2, 0) is 0 Å². The largest absolute Gasteiger partial charge is 0.485 e. The molecule has 1 N–H and O–H groups in total. The highest BCUT2D eigenvalue weighted by Gasteiger charge is 2.15. The van der Waals surface area contributed by atoms with Crippen molar-refractivity contribution in [2.75, 3.05) is 13.6 Å². The van der Waals surface area contributed by atoms with E-state index in [-0.39, 0.29) is 11.9 Å². The summed E-state index contributed by atoms with van der Waals surface area (Å²) in [6.07, 6.45) is 0.606. The second-order valence-corrected chi connectivity index (χ2v) is 6.09. The van der Waals surface area contributed by atoms with E-state index in [4.69, 9.17) is 4.74 Å². The van der Waals surface area contributed by atoms with Crippen LogP contribution in [0.1, 0.15) is 18.1 Å². The van der Waals surface area contributed by atoms with E-state index in [0.29, 0.717) is 0 Å². The predicted octanol–water partition coefficient (Wildman–Crippen LogP) is 4.77. The minimum absolute atomic E-state index is 0.173. The lowest BCUT2D eigenvalue weighted by molar-refractivity contribution is 0.197. The summed E-state index contributed by atoms with van der Waals surface area (Å²) in [4.78, 5) is 0. The summed E-state index contributed by atoms with van der Waals surface area (Å²) in [5, 5.41) is 6.30. The van der Waals surface area contributed by atoms with Crippen molar-refractivity contribution in [3.63, 3.8) is 0 Å². The molecule has 0 aliphatic heterocycles. The predicted molar refractivity (Wildman–Crippen MR) is 90.1 cm³/mol. The van der Waals surface area contributed by atoms with Gasteiger partial charge in [-0.05, 0) is 54.9 Å². The average molecular weight is 315 g/mol. The van der Waals surface area contributed by atoms with Crippen LogP contribution < -0.4 is 10.1 Å². The van der Waals surface area contributed by atoms with Crippen LogP contribution in [0.5, 0.6) is 5.75 Å². The average Bonchev–Trinajstić information content (AvgIpc) is 3.00. The monoisotopic (exact) mass is 315 g/mol. The second-order valence-electron chi connectivity index (χ2n) is 5.14. The van der Waals surface area contributed by atoms with Crippen LogP contribution in [0.15, 0.2) is 53.9 Å². The van der Waals surface area contributed by atoms with E-state index in [0.717, 1.165) is 29.7 Å². The minimum Gasteiger partial charge on any atom is -0.485 e. The molecule has 114 valence electrons. The molecule has 0 fully saturated rings. The smallest absolute Gasteiger partial charge is 0.128 e. The topological polar surface area (TPSA) is 21.3 Å². The van der Waals surface area contributed by atoms with Crippen LogP contribution in [0, 0.1) is 5.82 Å². The zero-order valence-electron chi connectivity index (χ0n) is 12.4. The molecule has 0 amide bonds. The summed E-state index contributed by atoms with van der Waals surface area (Å²) >= 11 is 1.69. The Bertz CT molecular complexity index is 755. The molecule has 4 heteroatoms. The molecular formula is C18H18FNOS. The number of hydrogen-bond acceptors (Lipinski definition) is 3. The van der Waals surface area contributed by atoms with Gasteiger partial charge in [-0.15, -0.1) is 11.3 Å². The van der Waals surface area contributed by atoms with Gasteiger partial charge >= 0.3 is 0 Å². The fourth-order valence-corrected chi connectivity index (χ4v) is 3.30. The fourth-order valence-electron chi connectivity index (χ4n) is 2.50. The first-order valence-electron chi connectivity index (χ1n) is 7.31. The molecule has 0 spiro atoms. The van der Waals surface area contributed by atoms with Crippen molar-refractivity contribution >= 4 is 21.4 Å². The number of nitrogens with one attached hydrogen (secondary N) is 1. The van der Waals surface area contributed by atoms with Crippen molar-refractivity contribution in [1.82, 2.24) is 5.32 Å². The molecule has 2 nitrogen and oxygen atoms in total. The molecule has 1 aromatic heterocycles. The first-order chi connectivity index (χ1) is 10.8. The highest BCUT2D eigenvalue weighted by Crippen LogP contribution is 2.33. The molecular weight excluding hydrogens is 297 g/mol. The van der Waals surface area contributed by atoms with Gasteiger partial charge in [0.25, 0.3) is 0 Å². The third kappa shape index (κ3) is 3.29. The van der Waals surface area contributed by atoms with E-state index in [1.165, 1.54) is 10.8 Å². The Morgan fingerprint density at radius 1 is 1.18 bits per heavy atom. The van der Waals surface area contributed by atoms with Crippen LogP contribution in [0.25, 0.3) is 10.1 Å². The molecule has 22 heavy (non-hydrogen) atoms. The normalized spacial score (nSPS) is 12.5. The summed E-state index contributed by atoms with van der Waals surface area (Å²) in [7, 11) is 1.90. The maximum absolute atomic E-state index is 13.5. The summed E-state index contributed by atoms with van der Waals surface area (Å²) in [6.45, 7) is 0.806. The lowest BCUT2D eigenvalue weighted by Crippen LogP contribution is -2.16. The minimum atomic E-state index is -0.232. The summed E-state index contributed by atoms with van der Waals surface area (Å²) in [5.41, 5.74) is 0.863. The molecule has 0 saturated carbocycles. The molecule has 1 heterocycles. The van der Waals surface area contributed by atoms with E-state index in [1.54, 1.807) is 23.5 Å². The van der Waals surface area contributed by atoms with Gasteiger partial charge in [-0.3, -0.25) is 0 Å². The van der Waals surface area contributed by atoms with Crippen LogP contribution >= 0.6 is 11.3 Å². The number of ether oxygens (including phenoxy) is 1. The summed E-state index contributed by atoms with van der Waals surface area (Å²) in [6, 6.07) is 14.8. The van der Waals surface area contributed by atoms with Crippen molar-refractivity contribution in [2.24, 2.45) is 0 Å². The van der Waals surface area contributed by atoms with Gasteiger partial charge in [-0.1, -0.05) is 18.2 Å². The van der Waals surface area contributed by atoms with Crippen molar-refractivity contribution in [1.29, 1.82) is 0 Å². The summed E-state index contributed by atoms with van der Waals surface area (Å²) in [5.74, 6) is 0.619. The van der Waals surface area contributed by atoms with Crippen molar-refractivity contribution in [3.8, 4) is 5.75 Å². The Hall–Kier alpha value is -1.91. The fraction of sp³-hybridized carbons (Fsp3) is 0.222. The molecule has 2 aromatic carbocycles. The molecule has 0 saturated heterocycles. The van der Waals surface area contributed by atoms with Crippen molar-refractivity contribution in [3.05, 3.63) is 65.3 Å². The van der Waals surface area contributed by atoms with E-state index in [9.17, 15) is 4.39 Å². The van der Waals surface area contributed by atoms with Crippen LogP contribution in [0.3, 0.4) is 0 Å². The van der Waals surface area contributed by atoms with E-state index < -0.39 is 0 Å². The lowest BCUT2D eigenvalue weighted by atomic mass is 10.1. The number of benzene rings is 2. The van der Waals surface area contributed by atoms with Gasteiger partial charge < -0.3 is 10.1 Å². The third-order valence-corrected chi connectivity index (χ3v) is 4.48. The number of fused-ring (bicyclic) bond motifs is 1. The number of hydrogen-bond donors (Lipinski definition) is 1. The van der Waals surface area contributed by atoms with E-state index in [2.05, 4.69) is 22.8 Å². The quantitative estimate of drug-likeness (QED) is 0.707. The molecule has 0 radical (unpaired) electrons. The van der Waals surface area contributed by atoms with Crippen LogP contribution in [-0.4, -0.2) is 13.6 Å². The third-order valence-electron chi connectivity index (χ3n) is 3.60. The SMILES string of the molecule is CNCCC(Oc1cccc2sccc12)c1cccc(F)c1. The zero-order valence-corrected chi connectivity index (χ0v) is 13.2. The van der Waals surface area contributed by atoms with Gasteiger partial charge in [0.2, 0.25) is 0 Å². The zero-order chi connectivity index (χ0) is 15.4. The first kappa shape index (κ1) is 15.0. The maximum atomic E-state index is 13.5. The molecule has 0 aliphatic carbocycles. The van der Waals surface area contributed by atoms with Gasteiger partial charge in [0.05, 0.1) is 0 Å². The maximum Gasteiger partial charge on any atom is 0.128 e. The van der Waals surface area contributed by atoms with Gasteiger partial charge in [-0.25, -0.2) is 4.39 Å². The van der Waals surface area contributed by atoms with Crippen molar-refractivity contribution in [2.45, 2.75) is 12.5 Å². The number of halogens is 1. The van der Waals surface area contributed by atoms with E-state index in [1.807, 2.05) is 25.2 Å². The molecule has 1 unspecified atom stereocenters. The second kappa shape index (κ2) is 6.90. The Morgan fingerprint density at radius 3 is 2.86 bits per heavy atom. The number of thiophene rings is 1. The van der Waals surface area contributed by atoms with Crippen LogP contribution in [0.2, 0.25) is 0 Å². The van der Waals surface area contributed by atoms with Gasteiger partial charge in [-0.2, -0.15) is 0 Å². The highest BCUT2D eigenvalue weighted by molar-refractivity contribution is 7.17. The molecule has 3 rings (SSSR count). The first-order valence-corrected chi connectivity index (χ1v) is 8.19. The molecule has 1 atom stereocenters. The molecule has 0 bridgehead atoms. The van der Waals surface area contributed by atoms with Gasteiger partial charge in [0.1, 0.15) is 17.7 Å². The Labute approximate surface area is 133 Å². The van der Waals surface area contributed by atoms with Gasteiger partial charge in [0.15, 0.2) is 0 Å². The van der Waals surface area contributed by atoms with Crippen molar-refractivity contribution < 1.29 is 9.13 Å². The Kier molecular flexibility index (Phi) is 4.71. The summed E-state index contributed by atoms with van der Waals surface area (Å²) < 4.78 is 20.9. The molecule has 3 aromatic rings.